The zero-order valence-corrected chi connectivity index (χ0v) is 12.0. The van der Waals surface area contributed by atoms with E-state index in [1.165, 1.54) is 0 Å². The molecule has 6 heteroatoms. The van der Waals surface area contributed by atoms with Crippen molar-refractivity contribution in [1.29, 1.82) is 0 Å². The molecule has 0 aliphatic heterocycles. The van der Waals surface area contributed by atoms with Crippen molar-refractivity contribution in [1.82, 2.24) is 20.1 Å². The molecule has 0 fully saturated rings. The maximum absolute atomic E-state index is 5.38. The van der Waals surface area contributed by atoms with E-state index < -0.39 is 0 Å². The summed E-state index contributed by atoms with van der Waals surface area (Å²) in [5.41, 5.74) is 2.14. The van der Waals surface area contributed by atoms with E-state index in [9.17, 15) is 0 Å². The Kier molecular flexibility index (Phi) is 3.35. The molecule has 0 atom stereocenters. The largest absolute Gasteiger partial charge is 0.492 e. The van der Waals surface area contributed by atoms with Gasteiger partial charge in [-0.1, -0.05) is 35.5 Å². The highest BCUT2D eigenvalue weighted by Gasteiger charge is 2.19. The molecule has 2 aromatic heterocycles. The highest BCUT2D eigenvalue weighted by molar-refractivity contribution is 5.65. The summed E-state index contributed by atoms with van der Waals surface area (Å²) in [5, 5.41) is 3.80. The molecule has 21 heavy (non-hydrogen) atoms. The van der Waals surface area contributed by atoms with E-state index in [1.807, 2.05) is 37.3 Å². The predicted molar refractivity (Wildman–Crippen MR) is 76.8 cm³/mol. The zero-order chi connectivity index (χ0) is 14.8. The molecule has 0 bridgehead atoms. The molecule has 0 saturated heterocycles. The number of methoxy groups -OCH3 is 1. The van der Waals surface area contributed by atoms with Gasteiger partial charge in [-0.15, -0.1) is 0 Å². The van der Waals surface area contributed by atoms with Crippen LogP contribution in [0.2, 0.25) is 0 Å². The van der Waals surface area contributed by atoms with Crippen molar-refractivity contribution >= 4 is 0 Å². The molecule has 0 saturated carbocycles. The molecule has 0 amide bonds. The zero-order valence-electron chi connectivity index (χ0n) is 12.0. The average molecular weight is 282 g/mol. The van der Waals surface area contributed by atoms with Gasteiger partial charge in [-0.05, 0) is 13.8 Å². The van der Waals surface area contributed by atoms with Gasteiger partial charge in [0.25, 0.3) is 5.89 Å². The van der Waals surface area contributed by atoms with Gasteiger partial charge in [0.2, 0.25) is 0 Å². The molecule has 1 aromatic carbocycles. The third-order valence-electron chi connectivity index (χ3n) is 3.00. The molecule has 106 valence electrons. The second-order valence-corrected chi connectivity index (χ2v) is 4.53. The Balaban J connectivity index is 2.20. The van der Waals surface area contributed by atoms with Gasteiger partial charge in [-0.2, -0.15) is 4.98 Å². The van der Waals surface area contributed by atoms with Crippen LogP contribution in [0.5, 0.6) is 5.75 Å². The highest BCUT2D eigenvalue weighted by Crippen LogP contribution is 2.31. The van der Waals surface area contributed by atoms with Gasteiger partial charge in [0.05, 0.1) is 12.8 Å². The molecule has 2 heterocycles. The lowest BCUT2D eigenvalue weighted by Gasteiger charge is -2.09. The Bertz CT molecular complexity index is 769. The number of aryl methyl sites for hydroxylation is 2. The van der Waals surface area contributed by atoms with Gasteiger partial charge < -0.3 is 9.26 Å². The highest BCUT2D eigenvalue weighted by atomic mass is 16.5. The van der Waals surface area contributed by atoms with E-state index in [2.05, 4.69) is 20.1 Å². The number of hydrogen-bond acceptors (Lipinski definition) is 6. The van der Waals surface area contributed by atoms with Gasteiger partial charge in [0, 0.05) is 5.56 Å². The summed E-state index contributed by atoms with van der Waals surface area (Å²) < 4.78 is 10.6. The molecule has 0 spiro atoms. The van der Waals surface area contributed by atoms with Crippen molar-refractivity contribution in [2.24, 2.45) is 0 Å². The van der Waals surface area contributed by atoms with Crippen LogP contribution < -0.4 is 4.74 Å². The SMILES string of the molecule is COc1c(C)nc(-c2ccccc2)nc1-c1nc(C)no1. The first-order valence-corrected chi connectivity index (χ1v) is 6.48. The second kappa shape index (κ2) is 5.32. The lowest BCUT2D eigenvalue weighted by molar-refractivity contribution is 0.397. The van der Waals surface area contributed by atoms with Gasteiger partial charge in [0.15, 0.2) is 23.1 Å². The van der Waals surface area contributed by atoms with Crippen molar-refractivity contribution in [2.75, 3.05) is 7.11 Å². The lowest BCUT2D eigenvalue weighted by atomic mass is 10.2. The number of ether oxygens (including phenoxy) is 1. The first-order valence-electron chi connectivity index (χ1n) is 6.48. The van der Waals surface area contributed by atoms with Crippen LogP contribution in [-0.2, 0) is 0 Å². The van der Waals surface area contributed by atoms with Crippen molar-refractivity contribution < 1.29 is 9.26 Å². The number of hydrogen-bond donors (Lipinski definition) is 0. The first kappa shape index (κ1) is 13.2. The van der Waals surface area contributed by atoms with Crippen molar-refractivity contribution in [3.8, 4) is 28.7 Å². The van der Waals surface area contributed by atoms with Crippen molar-refractivity contribution in [3.63, 3.8) is 0 Å². The van der Waals surface area contributed by atoms with Crippen LogP contribution in [0.4, 0.5) is 0 Å². The van der Waals surface area contributed by atoms with Crippen LogP contribution in [0.1, 0.15) is 11.5 Å². The Morgan fingerprint density at radius 2 is 1.76 bits per heavy atom. The van der Waals surface area contributed by atoms with Gasteiger partial charge in [-0.25, -0.2) is 9.97 Å². The minimum atomic E-state index is 0.326. The Labute approximate surface area is 121 Å². The summed E-state index contributed by atoms with van der Waals surface area (Å²) in [6, 6.07) is 9.72. The van der Waals surface area contributed by atoms with E-state index in [4.69, 9.17) is 9.26 Å². The molecule has 3 rings (SSSR count). The number of nitrogens with zero attached hydrogens (tertiary/aromatic N) is 4. The topological polar surface area (TPSA) is 73.9 Å². The fraction of sp³-hybridized carbons (Fsp3) is 0.200. The standard InChI is InChI=1S/C15H14N4O2/c1-9-13(20-3)12(15-17-10(2)19-21-15)18-14(16-9)11-7-5-4-6-8-11/h4-8H,1-3H3. The van der Waals surface area contributed by atoms with Gasteiger partial charge in [0.1, 0.15) is 0 Å². The van der Waals surface area contributed by atoms with Crippen molar-refractivity contribution in [2.45, 2.75) is 13.8 Å². The molecule has 0 aliphatic carbocycles. The Hall–Kier alpha value is -2.76. The monoisotopic (exact) mass is 282 g/mol. The quantitative estimate of drug-likeness (QED) is 0.735. The summed E-state index contributed by atoms with van der Waals surface area (Å²) in [7, 11) is 1.57. The van der Waals surface area contributed by atoms with Gasteiger partial charge >= 0.3 is 0 Å². The summed E-state index contributed by atoms with van der Waals surface area (Å²) >= 11 is 0. The number of rotatable bonds is 3. The molecule has 0 N–H and O–H groups in total. The van der Waals surface area contributed by atoms with E-state index in [1.54, 1.807) is 14.0 Å². The summed E-state index contributed by atoms with van der Waals surface area (Å²) in [5.74, 6) is 2.01. The molecular formula is C15H14N4O2. The summed E-state index contributed by atoms with van der Waals surface area (Å²) in [4.78, 5) is 13.2. The minimum absolute atomic E-state index is 0.326. The smallest absolute Gasteiger partial charge is 0.280 e. The van der Waals surface area contributed by atoms with Gasteiger partial charge in [-0.3, -0.25) is 0 Å². The lowest BCUT2D eigenvalue weighted by Crippen LogP contribution is -2.00. The van der Waals surface area contributed by atoms with Crippen LogP contribution in [0.3, 0.4) is 0 Å². The van der Waals surface area contributed by atoms with Crippen LogP contribution in [0.15, 0.2) is 34.9 Å². The molecule has 3 aromatic rings. The van der Waals surface area contributed by atoms with E-state index in [-0.39, 0.29) is 0 Å². The molecular weight excluding hydrogens is 268 g/mol. The third kappa shape index (κ3) is 2.47. The van der Waals surface area contributed by atoms with E-state index in [0.717, 1.165) is 11.3 Å². The Morgan fingerprint density at radius 3 is 2.38 bits per heavy atom. The molecule has 0 aliphatic rings. The summed E-state index contributed by atoms with van der Waals surface area (Å²) in [6.45, 7) is 3.62. The minimum Gasteiger partial charge on any atom is -0.492 e. The normalized spacial score (nSPS) is 10.6. The fourth-order valence-corrected chi connectivity index (χ4v) is 2.06. The number of aromatic nitrogens is 4. The fourth-order valence-electron chi connectivity index (χ4n) is 2.06. The first-order chi connectivity index (χ1) is 10.2. The molecule has 0 radical (unpaired) electrons. The van der Waals surface area contributed by atoms with Crippen LogP contribution in [0, 0.1) is 13.8 Å². The summed E-state index contributed by atoms with van der Waals surface area (Å²) in [6.07, 6.45) is 0. The number of benzene rings is 1. The average Bonchev–Trinajstić information content (AvgIpc) is 2.94. The van der Waals surface area contributed by atoms with Crippen molar-refractivity contribution in [3.05, 3.63) is 41.9 Å². The maximum atomic E-state index is 5.38. The van der Waals surface area contributed by atoms with Crippen LogP contribution in [0.25, 0.3) is 23.0 Å². The molecule has 0 unspecified atom stereocenters. The Morgan fingerprint density at radius 1 is 1.00 bits per heavy atom. The van der Waals surface area contributed by atoms with Crippen LogP contribution in [-0.4, -0.2) is 27.2 Å². The second-order valence-electron chi connectivity index (χ2n) is 4.53. The third-order valence-corrected chi connectivity index (χ3v) is 3.00. The maximum Gasteiger partial charge on any atom is 0.280 e. The molecule has 6 nitrogen and oxygen atoms in total. The van der Waals surface area contributed by atoms with Crippen LogP contribution >= 0.6 is 0 Å². The van der Waals surface area contributed by atoms with E-state index in [0.29, 0.717) is 29.0 Å². The predicted octanol–water partition coefficient (Wildman–Crippen LogP) is 2.82. The van der Waals surface area contributed by atoms with E-state index >= 15 is 0 Å².